The summed E-state index contributed by atoms with van der Waals surface area (Å²) in [4.78, 5) is 5.54. The van der Waals surface area contributed by atoms with Crippen molar-refractivity contribution in [3.8, 4) is 0 Å². The second kappa shape index (κ2) is 5.34. The number of nitrogens with zero attached hydrogens (tertiary/aromatic N) is 2. The highest BCUT2D eigenvalue weighted by atomic mass is 15.3. The van der Waals surface area contributed by atoms with Crippen molar-refractivity contribution in [2.45, 2.75) is 50.6 Å². The molecule has 0 radical (unpaired) electrons. The zero-order chi connectivity index (χ0) is 12.7. The Kier molecular flexibility index (Phi) is 3.55. The fourth-order valence-electron chi connectivity index (χ4n) is 5.23. The normalized spacial score (nSPS) is 44.2. The van der Waals surface area contributed by atoms with Gasteiger partial charge in [0.2, 0.25) is 0 Å². The lowest BCUT2D eigenvalue weighted by molar-refractivity contribution is 0.197. The summed E-state index contributed by atoms with van der Waals surface area (Å²) in [7, 11) is 0. The van der Waals surface area contributed by atoms with Crippen LogP contribution in [0.15, 0.2) is 0 Å². The third-order valence-electron chi connectivity index (χ3n) is 6.22. The highest BCUT2D eigenvalue weighted by Gasteiger charge is 2.40. The molecule has 0 amide bonds. The minimum absolute atomic E-state index is 0.806. The zero-order valence-corrected chi connectivity index (χ0v) is 12.2. The van der Waals surface area contributed by atoms with Crippen LogP contribution in [0.4, 0.5) is 0 Å². The zero-order valence-electron chi connectivity index (χ0n) is 12.2. The van der Waals surface area contributed by atoms with Crippen molar-refractivity contribution in [2.75, 3.05) is 39.3 Å². The number of fused-ring (bicyclic) bond motifs is 2. The maximum absolute atomic E-state index is 3.83. The summed E-state index contributed by atoms with van der Waals surface area (Å²) in [6, 6.07) is 1.68. The summed E-state index contributed by atoms with van der Waals surface area (Å²) < 4.78 is 0. The van der Waals surface area contributed by atoms with E-state index in [0.29, 0.717) is 0 Å². The van der Waals surface area contributed by atoms with Gasteiger partial charge in [-0.25, -0.2) is 0 Å². The fraction of sp³-hybridized carbons (Fsp3) is 1.00. The molecule has 108 valence electrons. The molecule has 0 aromatic heterocycles. The molecule has 4 fully saturated rings. The Hall–Kier alpha value is -0.120. The van der Waals surface area contributed by atoms with Gasteiger partial charge in [-0.15, -0.1) is 0 Å². The van der Waals surface area contributed by atoms with Crippen molar-refractivity contribution < 1.29 is 0 Å². The average Bonchev–Trinajstić information content (AvgIpc) is 3.07. The second-order valence-corrected chi connectivity index (χ2v) is 7.31. The van der Waals surface area contributed by atoms with E-state index in [0.717, 1.165) is 23.9 Å². The van der Waals surface area contributed by atoms with Gasteiger partial charge in [0.05, 0.1) is 0 Å². The Bertz CT molecular complexity index is 319. The molecule has 4 atom stereocenters. The van der Waals surface area contributed by atoms with Gasteiger partial charge in [0.1, 0.15) is 0 Å². The number of hydrogen-bond acceptors (Lipinski definition) is 3. The van der Waals surface area contributed by atoms with Crippen LogP contribution in [0.1, 0.15) is 38.5 Å². The predicted molar refractivity (Wildman–Crippen MR) is 78.3 cm³/mol. The maximum atomic E-state index is 3.83. The number of nitrogens with one attached hydrogen (secondary N) is 1. The molecule has 1 saturated carbocycles. The van der Waals surface area contributed by atoms with Crippen molar-refractivity contribution in [1.82, 2.24) is 15.1 Å². The molecule has 3 aliphatic heterocycles. The first-order valence-corrected chi connectivity index (χ1v) is 8.60. The van der Waals surface area contributed by atoms with E-state index in [9.17, 15) is 0 Å². The summed E-state index contributed by atoms with van der Waals surface area (Å²) in [5, 5.41) is 3.83. The Labute approximate surface area is 117 Å². The van der Waals surface area contributed by atoms with E-state index in [-0.39, 0.29) is 0 Å². The SMILES string of the molecule is C1CC2CNC(CN3CCCN4CCCC4C3)C2C1. The molecule has 4 unspecified atom stereocenters. The summed E-state index contributed by atoms with van der Waals surface area (Å²) in [5.74, 6) is 2.02. The maximum Gasteiger partial charge on any atom is 0.0226 e. The van der Waals surface area contributed by atoms with Crippen molar-refractivity contribution in [3.63, 3.8) is 0 Å². The Morgan fingerprint density at radius 3 is 2.89 bits per heavy atom. The van der Waals surface area contributed by atoms with Crippen LogP contribution in [0.25, 0.3) is 0 Å². The summed E-state index contributed by atoms with van der Waals surface area (Å²) in [5.41, 5.74) is 0. The quantitative estimate of drug-likeness (QED) is 0.815. The molecule has 3 nitrogen and oxygen atoms in total. The molecule has 0 aromatic carbocycles. The third-order valence-corrected chi connectivity index (χ3v) is 6.22. The lowest BCUT2D eigenvalue weighted by Gasteiger charge is -2.29. The van der Waals surface area contributed by atoms with Gasteiger partial charge in [-0.1, -0.05) is 6.42 Å². The van der Waals surface area contributed by atoms with Crippen LogP contribution in [0.3, 0.4) is 0 Å². The molecule has 0 bridgehead atoms. The van der Waals surface area contributed by atoms with E-state index in [4.69, 9.17) is 0 Å². The van der Waals surface area contributed by atoms with Crippen molar-refractivity contribution >= 4 is 0 Å². The largest absolute Gasteiger partial charge is 0.312 e. The second-order valence-electron chi connectivity index (χ2n) is 7.31. The van der Waals surface area contributed by atoms with E-state index >= 15 is 0 Å². The van der Waals surface area contributed by atoms with Crippen LogP contribution in [-0.4, -0.2) is 61.2 Å². The van der Waals surface area contributed by atoms with E-state index in [1.54, 1.807) is 0 Å². The molecule has 3 heteroatoms. The summed E-state index contributed by atoms with van der Waals surface area (Å²) in [6.45, 7) is 8.03. The van der Waals surface area contributed by atoms with Gasteiger partial charge >= 0.3 is 0 Å². The molecule has 0 aromatic rings. The number of hydrogen-bond donors (Lipinski definition) is 1. The van der Waals surface area contributed by atoms with Gasteiger partial charge in [-0.3, -0.25) is 4.90 Å². The Morgan fingerprint density at radius 1 is 0.947 bits per heavy atom. The third kappa shape index (κ3) is 2.45. The van der Waals surface area contributed by atoms with Crippen LogP contribution in [0.2, 0.25) is 0 Å². The lowest BCUT2D eigenvalue weighted by atomic mass is 9.93. The van der Waals surface area contributed by atoms with Crippen LogP contribution >= 0.6 is 0 Å². The van der Waals surface area contributed by atoms with Gasteiger partial charge in [-0.05, 0) is 70.1 Å². The first kappa shape index (κ1) is 12.6. The van der Waals surface area contributed by atoms with E-state index < -0.39 is 0 Å². The van der Waals surface area contributed by atoms with Crippen molar-refractivity contribution in [3.05, 3.63) is 0 Å². The summed E-state index contributed by atoms with van der Waals surface area (Å²) in [6.07, 6.45) is 8.74. The highest BCUT2D eigenvalue weighted by Crippen LogP contribution is 2.38. The number of rotatable bonds is 2. The van der Waals surface area contributed by atoms with E-state index in [2.05, 4.69) is 15.1 Å². The molecule has 0 spiro atoms. The fourth-order valence-corrected chi connectivity index (χ4v) is 5.23. The summed E-state index contributed by atoms with van der Waals surface area (Å²) >= 11 is 0. The average molecular weight is 263 g/mol. The Balaban J connectivity index is 1.37. The molecule has 3 heterocycles. The lowest BCUT2D eigenvalue weighted by Crippen LogP contribution is -2.44. The minimum atomic E-state index is 0.806. The van der Waals surface area contributed by atoms with Crippen LogP contribution in [-0.2, 0) is 0 Å². The van der Waals surface area contributed by atoms with Gasteiger partial charge < -0.3 is 10.2 Å². The van der Waals surface area contributed by atoms with Crippen LogP contribution in [0, 0.1) is 11.8 Å². The first-order valence-electron chi connectivity index (χ1n) is 8.60. The van der Waals surface area contributed by atoms with E-state index in [1.807, 2.05) is 0 Å². The minimum Gasteiger partial charge on any atom is -0.312 e. The van der Waals surface area contributed by atoms with Crippen LogP contribution < -0.4 is 5.32 Å². The molecule has 4 rings (SSSR count). The Morgan fingerprint density at radius 2 is 1.89 bits per heavy atom. The van der Waals surface area contributed by atoms with Crippen molar-refractivity contribution in [1.29, 1.82) is 0 Å². The monoisotopic (exact) mass is 263 g/mol. The standard InChI is InChI=1S/C16H29N3/c1-4-13-10-17-16(15(13)6-1)12-18-7-3-9-19-8-2-5-14(19)11-18/h13-17H,1-12H2. The molecule has 1 aliphatic carbocycles. The topological polar surface area (TPSA) is 18.5 Å². The van der Waals surface area contributed by atoms with Crippen LogP contribution in [0.5, 0.6) is 0 Å². The van der Waals surface area contributed by atoms with Crippen molar-refractivity contribution in [2.24, 2.45) is 11.8 Å². The molecule has 3 saturated heterocycles. The highest BCUT2D eigenvalue weighted by molar-refractivity contribution is 4.96. The molecular weight excluding hydrogens is 234 g/mol. The molecule has 4 aliphatic rings. The molecular formula is C16H29N3. The van der Waals surface area contributed by atoms with Gasteiger partial charge in [0, 0.05) is 25.2 Å². The molecule has 19 heavy (non-hydrogen) atoms. The predicted octanol–water partition coefficient (Wildman–Crippen LogP) is 1.54. The van der Waals surface area contributed by atoms with Gasteiger partial charge in [-0.2, -0.15) is 0 Å². The molecule has 1 N–H and O–H groups in total. The van der Waals surface area contributed by atoms with Gasteiger partial charge in [0.25, 0.3) is 0 Å². The van der Waals surface area contributed by atoms with E-state index in [1.165, 1.54) is 77.8 Å². The first-order chi connectivity index (χ1) is 9.40. The van der Waals surface area contributed by atoms with Gasteiger partial charge in [0.15, 0.2) is 0 Å². The smallest absolute Gasteiger partial charge is 0.0226 e.